The number of methoxy groups -OCH3 is 1. The molecule has 1 saturated carbocycles. The number of tetrazole rings is 1. The lowest BCUT2D eigenvalue weighted by atomic mass is 10.2. The van der Waals surface area contributed by atoms with Gasteiger partial charge in [0.2, 0.25) is 11.1 Å². The lowest BCUT2D eigenvalue weighted by Gasteiger charge is -2.10. The Hall–Kier alpha value is -2.42. The summed E-state index contributed by atoms with van der Waals surface area (Å²) in [6, 6.07) is 6.88. The van der Waals surface area contributed by atoms with E-state index in [4.69, 9.17) is 0 Å². The normalized spacial score (nSPS) is 14.4. The maximum absolute atomic E-state index is 12.1. The fourth-order valence-corrected chi connectivity index (χ4v) is 3.54. The summed E-state index contributed by atoms with van der Waals surface area (Å²) in [5.74, 6) is -0.352. The number of amides is 1. The summed E-state index contributed by atoms with van der Waals surface area (Å²) in [5, 5.41) is 15.3. The molecule has 1 fully saturated rings. The number of hydrogen-bond donors (Lipinski definition) is 1. The van der Waals surface area contributed by atoms with E-state index in [1.54, 1.807) is 24.3 Å². The van der Waals surface area contributed by atoms with Crippen molar-refractivity contribution in [2.45, 2.75) is 36.9 Å². The van der Waals surface area contributed by atoms with Crippen LogP contribution in [0.5, 0.6) is 0 Å². The molecule has 1 aromatic carbocycles. The van der Waals surface area contributed by atoms with Crippen LogP contribution in [0.1, 0.15) is 42.1 Å². The predicted molar refractivity (Wildman–Crippen MR) is 92.5 cm³/mol. The topological polar surface area (TPSA) is 99.0 Å². The molecule has 0 aliphatic heterocycles. The largest absolute Gasteiger partial charge is 0.465 e. The molecular formula is C16H19N5O3S. The predicted octanol–water partition coefficient (Wildman–Crippen LogP) is 2.31. The summed E-state index contributed by atoms with van der Waals surface area (Å²) >= 11 is 1.32. The van der Waals surface area contributed by atoms with Crippen LogP contribution in [0, 0.1) is 0 Å². The molecule has 1 aliphatic carbocycles. The molecule has 1 heterocycles. The number of carbonyl (C=O) groups is 2. The average molecular weight is 361 g/mol. The SMILES string of the molecule is COC(=O)c1ccc(NC(=O)CSc2nnnn2C2CCCC2)cc1. The van der Waals surface area contributed by atoms with Gasteiger partial charge in [0.15, 0.2) is 0 Å². The summed E-state index contributed by atoms with van der Waals surface area (Å²) in [5.41, 5.74) is 1.05. The van der Waals surface area contributed by atoms with E-state index in [1.165, 1.54) is 31.7 Å². The minimum absolute atomic E-state index is 0.156. The summed E-state index contributed by atoms with van der Waals surface area (Å²) in [4.78, 5) is 23.5. The van der Waals surface area contributed by atoms with Gasteiger partial charge in [0, 0.05) is 5.69 Å². The Kier molecular flexibility index (Phi) is 5.64. The molecule has 0 unspecified atom stereocenters. The maximum atomic E-state index is 12.1. The van der Waals surface area contributed by atoms with E-state index in [0.29, 0.717) is 22.4 Å². The fraction of sp³-hybridized carbons (Fsp3) is 0.438. The van der Waals surface area contributed by atoms with Gasteiger partial charge in [-0.25, -0.2) is 9.48 Å². The highest BCUT2D eigenvalue weighted by Gasteiger charge is 2.22. The Bertz CT molecular complexity index is 740. The molecule has 3 rings (SSSR count). The van der Waals surface area contributed by atoms with Gasteiger partial charge in [-0.05, 0) is 47.5 Å². The number of rotatable bonds is 6. The molecule has 1 aliphatic rings. The quantitative estimate of drug-likeness (QED) is 0.622. The van der Waals surface area contributed by atoms with Gasteiger partial charge in [0.25, 0.3) is 0 Å². The Labute approximate surface area is 149 Å². The zero-order chi connectivity index (χ0) is 17.6. The van der Waals surface area contributed by atoms with Crippen molar-refractivity contribution in [3.05, 3.63) is 29.8 Å². The third kappa shape index (κ3) is 4.36. The van der Waals surface area contributed by atoms with Gasteiger partial charge in [-0.2, -0.15) is 0 Å². The van der Waals surface area contributed by atoms with E-state index in [1.807, 2.05) is 4.68 Å². The second-order valence-electron chi connectivity index (χ2n) is 5.75. The maximum Gasteiger partial charge on any atom is 0.337 e. The first-order valence-electron chi connectivity index (χ1n) is 8.06. The number of ether oxygens (including phenoxy) is 1. The van der Waals surface area contributed by atoms with Gasteiger partial charge >= 0.3 is 5.97 Å². The number of carbonyl (C=O) groups excluding carboxylic acids is 2. The van der Waals surface area contributed by atoms with Crippen LogP contribution in [0.25, 0.3) is 0 Å². The van der Waals surface area contributed by atoms with Crippen molar-refractivity contribution in [2.75, 3.05) is 18.2 Å². The van der Waals surface area contributed by atoms with Crippen LogP contribution in [0.3, 0.4) is 0 Å². The highest BCUT2D eigenvalue weighted by atomic mass is 32.2. The number of aromatic nitrogens is 4. The van der Waals surface area contributed by atoms with Crippen LogP contribution < -0.4 is 5.32 Å². The molecule has 1 aromatic heterocycles. The second kappa shape index (κ2) is 8.11. The molecule has 8 nitrogen and oxygen atoms in total. The summed E-state index contributed by atoms with van der Waals surface area (Å²) in [6.45, 7) is 0. The van der Waals surface area contributed by atoms with E-state index in [-0.39, 0.29) is 11.7 Å². The van der Waals surface area contributed by atoms with Crippen LogP contribution in [0.4, 0.5) is 5.69 Å². The monoisotopic (exact) mass is 361 g/mol. The smallest absolute Gasteiger partial charge is 0.337 e. The molecule has 132 valence electrons. The van der Waals surface area contributed by atoms with Gasteiger partial charge in [0.05, 0.1) is 24.5 Å². The molecule has 0 bridgehead atoms. The Morgan fingerprint density at radius 3 is 2.68 bits per heavy atom. The number of benzene rings is 1. The number of anilines is 1. The molecule has 0 spiro atoms. The molecule has 1 N–H and O–H groups in total. The number of hydrogen-bond acceptors (Lipinski definition) is 7. The Morgan fingerprint density at radius 2 is 2.00 bits per heavy atom. The molecule has 0 radical (unpaired) electrons. The first-order valence-corrected chi connectivity index (χ1v) is 9.05. The highest BCUT2D eigenvalue weighted by Crippen LogP contribution is 2.31. The van der Waals surface area contributed by atoms with Crippen LogP contribution in [0.2, 0.25) is 0 Å². The number of esters is 1. The molecule has 1 amide bonds. The van der Waals surface area contributed by atoms with Crippen molar-refractivity contribution < 1.29 is 14.3 Å². The first-order chi connectivity index (χ1) is 12.2. The Balaban J connectivity index is 1.53. The fourth-order valence-electron chi connectivity index (χ4n) is 2.79. The van der Waals surface area contributed by atoms with Crippen molar-refractivity contribution in [2.24, 2.45) is 0 Å². The number of nitrogens with one attached hydrogen (secondary N) is 1. The third-order valence-corrected chi connectivity index (χ3v) is 4.99. The van der Waals surface area contributed by atoms with Crippen LogP contribution in [-0.2, 0) is 9.53 Å². The van der Waals surface area contributed by atoms with E-state index < -0.39 is 5.97 Å². The molecule has 0 atom stereocenters. The average Bonchev–Trinajstić information content (AvgIpc) is 3.31. The second-order valence-corrected chi connectivity index (χ2v) is 6.69. The first kappa shape index (κ1) is 17.4. The molecular weight excluding hydrogens is 342 g/mol. The molecule has 9 heteroatoms. The minimum Gasteiger partial charge on any atom is -0.465 e. The molecule has 25 heavy (non-hydrogen) atoms. The van der Waals surface area contributed by atoms with E-state index >= 15 is 0 Å². The standard InChI is InChI=1S/C16H19N5O3S/c1-24-15(23)11-6-8-12(9-7-11)17-14(22)10-25-16-18-19-20-21(16)13-4-2-3-5-13/h6-9,13H,2-5,10H2,1H3,(H,17,22). The van der Waals surface area contributed by atoms with E-state index in [9.17, 15) is 9.59 Å². The van der Waals surface area contributed by atoms with Gasteiger partial charge < -0.3 is 10.1 Å². The summed E-state index contributed by atoms with van der Waals surface area (Å²) < 4.78 is 6.47. The zero-order valence-corrected chi connectivity index (χ0v) is 14.7. The van der Waals surface area contributed by atoms with Gasteiger partial charge in [-0.3, -0.25) is 4.79 Å². The molecule has 2 aromatic rings. The van der Waals surface area contributed by atoms with Crippen molar-refractivity contribution in [1.82, 2.24) is 20.2 Å². The lowest BCUT2D eigenvalue weighted by molar-refractivity contribution is -0.113. The lowest BCUT2D eigenvalue weighted by Crippen LogP contribution is -2.15. The van der Waals surface area contributed by atoms with Gasteiger partial charge in [-0.1, -0.05) is 24.6 Å². The van der Waals surface area contributed by atoms with Crippen molar-refractivity contribution >= 4 is 29.3 Å². The van der Waals surface area contributed by atoms with Gasteiger partial charge in [-0.15, -0.1) is 5.10 Å². The van der Waals surface area contributed by atoms with Crippen molar-refractivity contribution in [3.63, 3.8) is 0 Å². The van der Waals surface area contributed by atoms with E-state index in [0.717, 1.165) is 12.8 Å². The minimum atomic E-state index is -0.410. The van der Waals surface area contributed by atoms with Crippen LogP contribution >= 0.6 is 11.8 Å². The zero-order valence-electron chi connectivity index (χ0n) is 13.8. The summed E-state index contributed by atoms with van der Waals surface area (Å²) in [7, 11) is 1.33. The summed E-state index contributed by atoms with van der Waals surface area (Å²) in [6.07, 6.45) is 4.54. The number of nitrogens with zero attached hydrogens (tertiary/aromatic N) is 4. The van der Waals surface area contributed by atoms with Crippen molar-refractivity contribution in [1.29, 1.82) is 0 Å². The Morgan fingerprint density at radius 1 is 1.28 bits per heavy atom. The molecule has 0 saturated heterocycles. The van der Waals surface area contributed by atoms with E-state index in [2.05, 4.69) is 25.6 Å². The van der Waals surface area contributed by atoms with Crippen molar-refractivity contribution in [3.8, 4) is 0 Å². The highest BCUT2D eigenvalue weighted by molar-refractivity contribution is 7.99. The number of thioether (sulfide) groups is 1. The third-order valence-electron chi connectivity index (χ3n) is 4.06. The van der Waals surface area contributed by atoms with Crippen LogP contribution in [0.15, 0.2) is 29.4 Å². The van der Waals surface area contributed by atoms with Gasteiger partial charge in [0.1, 0.15) is 0 Å². The van der Waals surface area contributed by atoms with Crippen LogP contribution in [-0.4, -0.2) is 44.9 Å².